The molecule has 0 atom stereocenters. The van der Waals surface area contributed by atoms with Crippen molar-refractivity contribution in [1.82, 2.24) is 20.1 Å². The van der Waals surface area contributed by atoms with E-state index in [1.165, 1.54) is 0 Å². The molecule has 0 aliphatic rings. The zero-order chi connectivity index (χ0) is 19.8. The van der Waals surface area contributed by atoms with Crippen molar-refractivity contribution in [2.24, 2.45) is 4.99 Å². The third-order valence-electron chi connectivity index (χ3n) is 3.96. The summed E-state index contributed by atoms with van der Waals surface area (Å²) in [5, 5.41) is 10.7. The quantitative estimate of drug-likeness (QED) is 0.484. The highest BCUT2D eigenvalue weighted by atomic mass is 16.5. The molecule has 2 N–H and O–H groups in total. The lowest BCUT2D eigenvalue weighted by molar-refractivity contribution is 0.355. The topological polar surface area (TPSA) is 85.6 Å². The van der Waals surface area contributed by atoms with Crippen LogP contribution in [-0.2, 0) is 6.54 Å². The summed E-state index contributed by atoms with van der Waals surface area (Å²) >= 11 is 0. The van der Waals surface area contributed by atoms with Gasteiger partial charge in [-0.15, -0.1) is 0 Å². The van der Waals surface area contributed by atoms with E-state index in [0.717, 1.165) is 23.6 Å². The molecular formula is C20H24N6O2. The molecule has 0 saturated carbocycles. The number of rotatable bonds is 7. The second-order valence-electron chi connectivity index (χ2n) is 5.86. The van der Waals surface area contributed by atoms with E-state index in [2.05, 4.69) is 25.7 Å². The van der Waals surface area contributed by atoms with Crippen LogP contribution in [-0.4, -0.2) is 41.5 Å². The van der Waals surface area contributed by atoms with Gasteiger partial charge in [-0.1, -0.05) is 0 Å². The van der Waals surface area contributed by atoms with E-state index >= 15 is 0 Å². The Kier molecular flexibility index (Phi) is 6.46. The highest BCUT2D eigenvalue weighted by molar-refractivity contribution is 5.93. The number of pyridine rings is 1. The maximum absolute atomic E-state index is 5.36. The monoisotopic (exact) mass is 380 g/mol. The first kappa shape index (κ1) is 19.2. The fraction of sp³-hybridized carbons (Fsp3) is 0.250. The Hall–Kier alpha value is -3.55. The van der Waals surface area contributed by atoms with E-state index in [1.807, 2.05) is 49.5 Å². The Morgan fingerprint density at radius 3 is 2.68 bits per heavy atom. The van der Waals surface area contributed by atoms with Gasteiger partial charge in [0.25, 0.3) is 0 Å². The Morgan fingerprint density at radius 2 is 1.96 bits per heavy atom. The summed E-state index contributed by atoms with van der Waals surface area (Å²) in [5.74, 6) is 2.77. The maximum Gasteiger partial charge on any atom is 0.196 e. The number of nitrogens with zero attached hydrogens (tertiary/aromatic N) is 4. The number of hydrogen-bond donors (Lipinski definition) is 2. The molecule has 3 rings (SSSR count). The van der Waals surface area contributed by atoms with E-state index in [1.54, 1.807) is 31.3 Å². The van der Waals surface area contributed by atoms with Gasteiger partial charge >= 0.3 is 0 Å². The average Bonchev–Trinajstić information content (AvgIpc) is 3.27. The summed E-state index contributed by atoms with van der Waals surface area (Å²) in [4.78, 5) is 9.01. The van der Waals surface area contributed by atoms with Crippen LogP contribution in [0.25, 0.3) is 5.82 Å². The number of guanidine groups is 1. The normalized spacial score (nSPS) is 11.2. The highest BCUT2D eigenvalue weighted by Crippen LogP contribution is 2.29. The largest absolute Gasteiger partial charge is 0.493 e. The highest BCUT2D eigenvalue weighted by Gasteiger charge is 2.06. The standard InChI is InChI=1S/C20H24N6O2/c1-4-21-20(25-16-6-7-17(27-2)18(13-16)28-3)23-14-15-8-10-22-19(12-15)26-11-5-9-24-26/h5-13H,4,14H2,1-3H3,(H2,21,23,25). The van der Waals surface area contributed by atoms with E-state index in [0.29, 0.717) is 24.0 Å². The molecule has 0 fully saturated rings. The van der Waals surface area contributed by atoms with Crippen LogP contribution in [0.1, 0.15) is 12.5 Å². The van der Waals surface area contributed by atoms with Gasteiger partial charge in [0, 0.05) is 36.9 Å². The van der Waals surface area contributed by atoms with E-state index in [9.17, 15) is 0 Å². The first-order chi connectivity index (χ1) is 13.7. The predicted molar refractivity (Wildman–Crippen MR) is 109 cm³/mol. The minimum atomic E-state index is 0.499. The molecule has 0 aliphatic carbocycles. The number of ether oxygens (including phenoxy) is 2. The summed E-state index contributed by atoms with van der Waals surface area (Å²) in [6.45, 7) is 3.27. The molecule has 0 radical (unpaired) electrons. The maximum atomic E-state index is 5.36. The molecule has 0 unspecified atom stereocenters. The van der Waals surface area contributed by atoms with E-state index in [-0.39, 0.29) is 0 Å². The van der Waals surface area contributed by atoms with Crippen molar-refractivity contribution in [3.05, 3.63) is 60.6 Å². The molecule has 0 bridgehead atoms. The summed E-state index contributed by atoms with van der Waals surface area (Å²) in [6, 6.07) is 11.4. The van der Waals surface area contributed by atoms with Crippen LogP contribution in [0.4, 0.5) is 5.69 Å². The fourth-order valence-corrected chi connectivity index (χ4v) is 2.62. The average molecular weight is 380 g/mol. The van der Waals surface area contributed by atoms with E-state index < -0.39 is 0 Å². The fourth-order valence-electron chi connectivity index (χ4n) is 2.62. The molecule has 3 aromatic rings. The van der Waals surface area contributed by atoms with Crippen molar-refractivity contribution in [2.45, 2.75) is 13.5 Å². The lowest BCUT2D eigenvalue weighted by Gasteiger charge is -2.14. The molecule has 0 spiro atoms. The summed E-state index contributed by atoms with van der Waals surface area (Å²) in [5.41, 5.74) is 1.88. The number of aromatic nitrogens is 3. The molecular weight excluding hydrogens is 356 g/mol. The third-order valence-corrected chi connectivity index (χ3v) is 3.96. The first-order valence-corrected chi connectivity index (χ1v) is 8.95. The van der Waals surface area contributed by atoms with Crippen molar-refractivity contribution in [3.63, 3.8) is 0 Å². The number of benzene rings is 1. The van der Waals surface area contributed by atoms with Gasteiger partial charge in [0.05, 0.1) is 20.8 Å². The van der Waals surface area contributed by atoms with Gasteiger partial charge in [0.1, 0.15) is 0 Å². The van der Waals surface area contributed by atoms with Crippen LogP contribution in [0.5, 0.6) is 11.5 Å². The number of hydrogen-bond acceptors (Lipinski definition) is 5. The van der Waals surface area contributed by atoms with Crippen molar-refractivity contribution < 1.29 is 9.47 Å². The zero-order valence-corrected chi connectivity index (χ0v) is 16.2. The second-order valence-corrected chi connectivity index (χ2v) is 5.86. The van der Waals surface area contributed by atoms with Gasteiger partial charge in [-0.05, 0) is 42.8 Å². The Bertz CT molecular complexity index is 924. The molecule has 2 aromatic heterocycles. The predicted octanol–water partition coefficient (Wildman–Crippen LogP) is 2.86. The number of nitrogens with one attached hydrogen (secondary N) is 2. The molecule has 0 aliphatic heterocycles. The number of aliphatic imine (C=N–C) groups is 1. The Labute approximate surface area is 164 Å². The van der Waals surface area contributed by atoms with Crippen molar-refractivity contribution in [3.8, 4) is 17.3 Å². The van der Waals surface area contributed by atoms with Gasteiger partial charge in [-0.25, -0.2) is 14.7 Å². The van der Waals surface area contributed by atoms with E-state index in [4.69, 9.17) is 9.47 Å². The molecule has 8 nitrogen and oxygen atoms in total. The van der Waals surface area contributed by atoms with Gasteiger partial charge in [0.15, 0.2) is 23.3 Å². The van der Waals surface area contributed by atoms with Crippen LogP contribution in [0.15, 0.2) is 60.0 Å². The van der Waals surface area contributed by atoms with Crippen LogP contribution >= 0.6 is 0 Å². The lowest BCUT2D eigenvalue weighted by atomic mass is 10.2. The SMILES string of the molecule is CCNC(=NCc1ccnc(-n2cccn2)c1)Nc1ccc(OC)c(OC)c1. The van der Waals surface area contributed by atoms with Gasteiger partial charge in [-0.3, -0.25) is 0 Å². The first-order valence-electron chi connectivity index (χ1n) is 8.95. The smallest absolute Gasteiger partial charge is 0.196 e. The summed E-state index contributed by atoms with van der Waals surface area (Å²) in [7, 11) is 3.23. The summed E-state index contributed by atoms with van der Waals surface area (Å²) < 4.78 is 12.4. The van der Waals surface area contributed by atoms with Gasteiger partial charge in [0.2, 0.25) is 0 Å². The molecule has 28 heavy (non-hydrogen) atoms. The Morgan fingerprint density at radius 1 is 1.11 bits per heavy atom. The molecule has 0 amide bonds. The van der Waals surface area contributed by atoms with Crippen LogP contribution < -0.4 is 20.1 Å². The molecule has 8 heteroatoms. The van der Waals surface area contributed by atoms with Gasteiger partial charge < -0.3 is 20.1 Å². The van der Waals surface area contributed by atoms with Crippen LogP contribution in [0.2, 0.25) is 0 Å². The minimum Gasteiger partial charge on any atom is -0.493 e. The van der Waals surface area contributed by atoms with Crippen molar-refractivity contribution in [1.29, 1.82) is 0 Å². The van der Waals surface area contributed by atoms with Crippen LogP contribution in [0.3, 0.4) is 0 Å². The lowest BCUT2D eigenvalue weighted by Crippen LogP contribution is -2.30. The Balaban J connectivity index is 1.75. The number of anilines is 1. The molecule has 0 saturated heterocycles. The molecule has 1 aromatic carbocycles. The van der Waals surface area contributed by atoms with Crippen molar-refractivity contribution >= 4 is 11.6 Å². The molecule has 2 heterocycles. The molecule has 146 valence electrons. The van der Waals surface area contributed by atoms with Crippen molar-refractivity contribution in [2.75, 3.05) is 26.1 Å². The summed E-state index contributed by atoms with van der Waals surface area (Å²) in [6.07, 6.45) is 5.34. The third kappa shape index (κ3) is 4.79. The van der Waals surface area contributed by atoms with Crippen LogP contribution in [0, 0.1) is 0 Å². The van der Waals surface area contributed by atoms with Gasteiger partial charge in [-0.2, -0.15) is 5.10 Å². The zero-order valence-electron chi connectivity index (χ0n) is 16.2. The minimum absolute atomic E-state index is 0.499. The number of methoxy groups -OCH3 is 2. The second kappa shape index (κ2) is 9.40.